The van der Waals surface area contributed by atoms with Gasteiger partial charge in [-0.1, -0.05) is 228 Å². The number of hydrogen-bond donors (Lipinski definition) is 2. The van der Waals surface area contributed by atoms with Crippen molar-refractivity contribution < 1.29 is 64.3 Å². The van der Waals surface area contributed by atoms with Crippen LogP contribution in [0.4, 0.5) is 0 Å². The largest absolute Gasteiger partial charge is 0.0622 e. The fourth-order valence-electron chi connectivity index (χ4n) is 11.0. The Balaban J connectivity index is 0.000000149. The minimum atomic E-state index is -1.65. The van der Waals surface area contributed by atoms with Crippen LogP contribution >= 0.6 is 50.8 Å². The van der Waals surface area contributed by atoms with Crippen molar-refractivity contribution in [3.63, 3.8) is 0 Å². The van der Waals surface area contributed by atoms with E-state index in [0.29, 0.717) is 69.5 Å². The second-order valence-electron chi connectivity index (χ2n) is 22.6. The molecule has 2 aromatic heterocycles. The number of fused-ring (bicyclic) bond motifs is 2. The quantitative estimate of drug-likeness (QED) is 0.0511. The molecule has 516 valence electrons. The number of likely N-dealkylation sites (N-methyl/N-ethyl adjacent to an activating group) is 2. The van der Waals surface area contributed by atoms with E-state index in [1.807, 2.05) is 30.3 Å². The fraction of sp³-hybridized carbons (Fsp3) is 0.205. The average molecular weight is 1570 g/mol. The molecule has 0 aliphatic carbocycles. The first-order valence-corrected chi connectivity index (χ1v) is 39.3. The number of rotatable bonds is 12. The van der Waals surface area contributed by atoms with Crippen molar-refractivity contribution in [2.45, 2.75) is 64.3 Å². The van der Waals surface area contributed by atoms with Gasteiger partial charge in [-0.3, -0.25) is 9.59 Å². The van der Waals surface area contributed by atoms with E-state index < -0.39 is 39.0 Å². The summed E-state index contributed by atoms with van der Waals surface area (Å²) in [6.45, 7) is 6.64. The molecule has 0 unspecified atom stereocenters. The summed E-state index contributed by atoms with van der Waals surface area (Å²) in [5, 5.41) is 37.0. The Hall–Kier alpha value is -8.40. The van der Waals surface area contributed by atoms with Gasteiger partial charge in [0.15, 0.2) is 11.4 Å². The number of carbonyl (C=O) groups is 4. The van der Waals surface area contributed by atoms with Crippen molar-refractivity contribution in [2.75, 3.05) is 40.4 Å². The predicted octanol–water partition coefficient (Wildman–Crippen LogP) is 11.3. The molecule has 0 saturated carbocycles. The molecule has 2 fully saturated rings. The maximum atomic E-state index is 12.2. The third kappa shape index (κ3) is 19.4. The molecule has 2 saturated heterocycles. The predicted molar refractivity (Wildman–Crippen MR) is 396 cm³/mol. The molecule has 0 spiro atoms. The number of nitrogens with zero attached hydrogens (tertiary/aromatic N) is 6. The molecule has 16 nitrogen and oxygen atoms in total. The zero-order valence-corrected chi connectivity index (χ0v) is 61.7. The smallest absolute Gasteiger partial charge is 0.0134 e. The maximum absolute atomic E-state index is 12.2. The number of benzene rings is 8. The first kappa shape index (κ1) is 75.8. The molecule has 2 atom stereocenters. The van der Waals surface area contributed by atoms with Gasteiger partial charge in [0.1, 0.15) is 0 Å². The van der Waals surface area contributed by atoms with Crippen LogP contribution in [0, 0.1) is 24.2 Å². The van der Waals surface area contributed by atoms with Crippen LogP contribution in [0.1, 0.15) is 75.7 Å². The number of likely N-dealkylation sites (tertiary alicyclic amines) is 2. The van der Waals surface area contributed by atoms with Crippen LogP contribution in [0.3, 0.4) is 0 Å². The van der Waals surface area contributed by atoms with Crippen LogP contribution < -0.4 is 31.8 Å². The van der Waals surface area contributed by atoms with Gasteiger partial charge < -0.3 is 39.0 Å². The summed E-state index contributed by atoms with van der Waals surface area (Å²) in [7, 11) is 12.0. The average Bonchev–Trinajstić information content (AvgIpc) is 1.61. The van der Waals surface area contributed by atoms with Gasteiger partial charge >= 0.3 is 46.9 Å². The number of esters is 2. The summed E-state index contributed by atoms with van der Waals surface area (Å²) in [4.78, 5) is 50.1. The monoisotopic (exact) mass is 1570 g/mol. The molecular weight excluding hydrogens is 1500 g/mol. The summed E-state index contributed by atoms with van der Waals surface area (Å²) in [6.07, 6.45) is 5.60. The molecule has 4 aliphatic rings. The van der Waals surface area contributed by atoms with Crippen LogP contribution in [-0.2, 0) is 70.9 Å². The van der Waals surface area contributed by atoms with E-state index in [1.165, 1.54) is 41.6 Å². The van der Waals surface area contributed by atoms with Crippen molar-refractivity contribution in [1.29, 1.82) is 0 Å². The molecular formula is C78H73BrCl2N6O10P2Pd. The summed E-state index contributed by atoms with van der Waals surface area (Å²) >= 11 is 3.33. The molecule has 2 N–H and O–H groups in total. The van der Waals surface area contributed by atoms with E-state index in [4.69, 9.17) is 44.4 Å². The Labute approximate surface area is 610 Å². The number of aliphatic hydroxyl groups is 2. The van der Waals surface area contributed by atoms with E-state index >= 15 is 0 Å². The van der Waals surface area contributed by atoms with Crippen LogP contribution in [0.25, 0.3) is 11.4 Å². The first-order chi connectivity index (χ1) is 48.5. The molecule has 8 aromatic carbocycles. The van der Waals surface area contributed by atoms with Crippen LogP contribution in [0.15, 0.2) is 235 Å². The van der Waals surface area contributed by atoms with Gasteiger partial charge in [-0.25, -0.2) is 19.0 Å². The number of hydrogen-bond acceptors (Lipinski definition) is 12. The van der Waals surface area contributed by atoms with E-state index in [1.54, 1.807) is 55.5 Å². The Bertz CT molecular complexity index is 4170. The first-order valence-electron chi connectivity index (χ1n) is 31.8. The molecule has 6 heterocycles. The SMILES string of the molecule is C#C[C@]1(O)CCN(C)C1=O.CCOC(=O)c1nn(-c2cccc(Br)c2)c2c1COC2.CCOC(=O)c1nn(-c2cccc(C#C[C@]3(O)CCN(C)C3=O)c2)c2c1COC2.[Cl][Pd][Cl].c1ccc(P(c2ccccc2)c2ccccc2)cc1.c1ccc(P(c2ccccc2)c2ccccc2)cc1. The van der Waals surface area contributed by atoms with Gasteiger partial charge in [-0.2, -0.15) is 10.2 Å². The number of aromatic nitrogens is 4. The Morgan fingerprint density at radius 1 is 0.540 bits per heavy atom. The fourth-order valence-corrected chi connectivity index (χ4v) is 16.0. The van der Waals surface area contributed by atoms with E-state index in [0.717, 1.165) is 32.7 Å². The van der Waals surface area contributed by atoms with Gasteiger partial charge in [0.2, 0.25) is 11.2 Å². The number of halogens is 3. The van der Waals surface area contributed by atoms with Gasteiger partial charge in [-0.15, -0.1) is 6.42 Å². The second kappa shape index (κ2) is 37.3. The Morgan fingerprint density at radius 3 is 1.19 bits per heavy atom. The summed E-state index contributed by atoms with van der Waals surface area (Å²) in [5.74, 6) is 6.06. The van der Waals surface area contributed by atoms with Gasteiger partial charge in [0.25, 0.3) is 11.8 Å². The molecule has 4 aliphatic heterocycles. The molecule has 0 bridgehead atoms. The molecule has 22 heteroatoms. The van der Waals surface area contributed by atoms with Crippen molar-refractivity contribution >= 4 is 106 Å². The molecule has 100 heavy (non-hydrogen) atoms. The third-order valence-electron chi connectivity index (χ3n) is 16.0. The molecule has 2 amide bonds. The zero-order chi connectivity index (χ0) is 71.0. The van der Waals surface area contributed by atoms with Gasteiger partial charge in [-0.05, 0) is 97.9 Å². The Kier molecular flexibility index (Phi) is 28.3. The topological polar surface area (TPSA) is 188 Å². The van der Waals surface area contributed by atoms with E-state index in [-0.39, 0.29) is 46.5 Å². The van der Waals surface area contributed by atoms with Crippen molar-refractivity contribution in [1.82, 2.24) is 29.4 Å². The second-order valence-corrected chi connectivity index (χ2v) is 30.3. The summed E-state index contributed by atoms with van der Waals surface area (Å²) in [5.41, 5.74) is 2.90. The van der Waals surface area contributed by atoms with Crippen molar-refractivity contribution in [3.05, 3.63) is 274 Å². The normalized spacial score (nSPS) is 16.1. The minimum Gasteiger partial charge on any atom is -0.0622 e. The molecule has 10 aromatic rings. The van der Waals surface area contributed by atoms with E-state index in [2.05, 4.69) is 226 Å². The van der Waals surface area contributed by atoms with Crippen LogP contribution in [-0.4, -0.2) is 115 Å². The number of ether oxygens (including phenoxy) is 4. The third-order valence-corrected chi connectivity index (χ3v) is 21.4. The van der Waals surface area contributed by atoms with Crippen molar-refractivity contribution in [2.24, 2.45) is 0 Å². The maximum Gasteiger partial charge on any atom is -0.0134 e. The van der Waals surface area contributed by atoms with E-state index in [9.17, 15) is 29.4 Å². The summed E-state index contributed by atoms with van der Waals surface area (Å²) < 4.78 is 25.4. The minimum absolute atomic E-state index is 0.106. The number of terminal acetylenes is 1. The van der Waals surface area contributed by atoms with Gasteiger partial charge in [0.05, 0.1) is 62.4 Å². The zero-order valence-electron chi connectivity index (χ0n) is 55.3. The van der Waals surface area contributed by atoms with Crippen LogP contribution in [0.5, 0.6) is 0 Å². The summed E-state index contributed by atoms with van der Waals surface area (Å²) in [6, 6.07) is 79.6. The van der Waals surface area contributed by atoms with Crippen molar-refractivity contribution in [3.8, 4) is 35.6 Å². The van der Waals surface area contributed by atoms with Gasteiger partial charge in [0, 0.05) is 61.2 Å². The van der Waals surface area contributed by atoms with Crippen LogP contribution in [0.2, 0.25) is 0 Å². The molecule has 0 radical (unpaired) electrons. The number of amides is 2. The number of carbonyl (C=O) groups excluding carboxylic acids is 4. The molecule has 14 rings (SSSR count). The standard InChI is InChI=1S/C21H21N3O5.2C18H15P.C14H13BrN2O3.C7H9NO2.2ClH.Pd/c1-3-29-19(25)18-16-12-28-13-17(16)24(22-18)15-6-4-5-14(11-15)7-8-21(27)9-10-23(2)20(21)26;2*1-4-10-16(11-5-1)19(17-12-6-2-7-13-17)18-14-8-3-9-15-18;1-2-20-14(18)13-11-7-19-8-12(11)17(16-13)10-5-3-4-9(15)6-10;1-3-7(10)4-5-8(2)6(7)9;;;/h4-6,11,27H,3,9-10,12-13H2,1-2H3;2*1-15H;3-6H,2,7-8H2,1H3;1,10H,4-5H2,2H3;2*1H;/q;;;;;;;+2/p-2/t21-;;;;7-;;;/m0...0.../s1. The Morgan fingerprint density at radius 2 is 0.880 bits per heavy atom.